The van der Waals surface area contributed by atoms with Gasteiger partial charge in [0.2, 0.25) is 10.0 Å². The molecule has 86 valence electrons. The maximum atomic E-state index is 12.1. The Labute approximate surface area is 105 Å². The van der Waals surface area contributed by atoms with Crippen LogP contribution in [-0.4, -0.2) is 26.3 Å². The van der Waals surface area contributed by atoms with E-state index >= 15 is 0 Å². The first-order chi connectivity index (χ1) is 7.39. The predicted molar refractivity (Wildman–Crippen MR) is 67.5 cm³/mol. The van der Waals surface area contributed by atoms with Crippen LogP contribution in [0.2, 0.25) is 0 Å². The second-order valence-electron chi connectivity index (χ2n) is 3.40. The van der Waals surface area contributed by atoms with E-state index in [0.29, 0.717) is 4.47 Å². The van der Waals surface area contributed by atoms with Crippen molar-refractivity contribution in [2.45, 2.75) is 11.8 Å². The van der Waals surface area contributed by atoms with E-state index in [-0.39, 0.29) is 11.4 Å². The van der Waals surface area contributed by atoms with Gasteiger partial charge in [-0.05, 0) is 40.5 Å². The molecule has 1 aromatic carbocycles. The summed E-state index contributed by atoms with van der Waals surface area (Å²) in [7, 11) is -2.04. The lowest BCUT2D eigenvalue weighted by atomic mass is 10.2. The van der Waals surface area contributed by atoms with Gasteiger partial charge < -0.3 is 0 Å². The fourth-order valence-corrected chi connectivity index (χ4v) is 3.43. The molecule has 0 bridgehead atoms. The monoisotopic (exact) mass is 301 g/mol. The third-order valence-electron chi connectivity index (χ3n) is 2.09. The summed E-state index contributed by atoms with van der Waals surface area (Å²) in [6, 6.07) is 5.08. The van der Waals surface area contributed by atoms with E-state index < -0.39 is 10.0 Å². The van der Waals surface area contributed by atoms with Gasteiger partial charge in [-0.3, -0.25) is 0 Å². The van der Waals surface area contributed by atoms with E-state index in [1.54, 1.807) is 18.2 Å². The molecule has 16 heavy (non-hydrogen) atoms. The van der Waals surface area contributed by atoms with Crippen LogP contribution in [0.15, 0.2) is 27.6 Å². The topological polar surface area (TPSA) is 37.4 Å². The van der Waals surface area contributed by atoms with Crippen LogP contribution < -0.4 is 0 Å². The zero-order valence-electron chi connectivity index (χ0n) is 9.07. The summed E-state index contributed by atoms with van der Waals surface area (Å²) >= 11 is 3.24. The van der Waals surface area contributed by atoms with Crippen LogP contribution in [0.25, 0.3) is 0 Å². The highest BCUT2D eigenvalue weighted by Gasteiger charge is 2.22. The van der Waals surface area contributed by atoms with Gasteiger partial charge in [-0.1, -0.05) is 12.0 Å². The van der Waals surface area contributed by atoms with Gasteiger partial charge in [0.15, 0.2) is 0 Å². The van der Waals surface area contributed by atoms with Crippen LogP contribution in [0.1, 0.15) is 5.56 Å². The first kappa shape index (κ1) is 13.2. The number of terminal acetylenes is 1. The molecule has 0 N–H and O–H groups in total. The molecule has 0 atom stereocenters. The first-order valence-corrected chi connectivity index (χ1v) is 6.79. The quantitative estimate of drug-likeness (QED) is 0.801. The van der Waals surface area contributed by atoms with Crippen molar-refractivity contribution in [1.82, 2.24) is 4.31 Å². The minimum atomic E-state index is -3.50. The van der Waals surface area contributed by atoms with Crippen LogP contribution in [0, 0.1) is 19.3 Å². The minimum Gasteiger partial charge on any atom is -0.207 e. The zero-order chi connectivity index (χ0) is 12.3. The number of aryl methyl sites for hydroxylation is 1. The smallest absolute Gasteiger partial charge is 0.207 e. The minimum absolute atomic E-state index is 0.0582. The summed E-state index contributed by atoms with van der Waals surface area (Å²) in [5, 5.41) is 0. The van der Waals surface area contributed by atoms with Crippen LogP contribution >= 0.6 is 15.9 Å². The second kappa shape index (κ2) is 5.00. The first-order valence-electron chi connectivity index (χ1n) is 4.55. The number of sulfonamides is 1. The maximum absolute atomic E-state index is 12.1. The van der Waals surface area contributed by atoms with E-state index in [1.165, 1.54) is 7.05 Å². The number of nitrogens with zero attached hydrogens (tertiary/aromatic N) is 1. The van der Waals surface area contributed by atoms with E-state index in [2.05, 4.69) is 21.9 Å². The van der Waals surface area contributed by atoms with Gasteiger partial charge in [0.1, 0.15) is 0 Å². The standard InChI is InChI=1S/C11H12BrNO2S/c1-4-7-13(3)16(14,15)11-6-5-9(2)8-10(11)12/h1,5-6,8H,7H2,2-3H3. The van der Waals surface area contributed by atoms with Crippen LogP contribution in [-0.2, 0) is 10.0 Å². The molecule has 0 saturated carbocycles. The molecular formula is C11H12BrNO2S. The van der Waals surface area contributed by atoms with Crippen molar-refractivity contribution in [3.8, 4) is 12.3 Å². The van der Waals surface area contributed by atoms with Crippen LogP contribution in [0.5, 0.6) is 0 Å². The SMILES string of the molecule is C#CCN(C)S(=O)(=O)c1ccc(C)cc1Br. The molecule has 1 rings (SSSR count). The van der Waals surface area contributed by atoms with E-state index in [4.69, 9.17) is 6.42 Å². The number of halogens is 1. The molecule has 0 aromatic heterocycles. The van der Waals surface area contributed by atoms with E-state index in [1.807, 2.05) is 6.92 Å². The molecule has 3 nitrogen and oxygen atoms in total. The Kier molecular flexibility index (Phi) is 4.14. The van der Waals surface area contributed by atoms with E-state index in [9.17, 15) is 8.42 Å². The molecule has 0 aliphatic carbocycles. The van der Waals surface area contributed by atoms with Crippen molar-refractivity contribution in [2.24, 2.45) is 0 Å². The van der Waals surface area contributed by atoms with Crippen molar-refractivity contribution < 1.29 is 8.42 Å². The lowest BCUT2D eigenvalue weighted by molar-refractivity contribution is 0.502. The average molecular weight is 302 g/mol. The highest BCUT2D eigenvalue weighted by atomic mass is 79.9. The summed E-state index contributed by atoms with van der Waals surface area (Å²) in [5.41, 5.74) is 0.991. The summed E-state index contributed by atoms with van der Waals surface area (Å²) in [6.07, 6.45) is 5.10. The third-order valence-corrected chi connectivity index (χ3v) is 4.87. The maximum Gasteiger partial charge on any atom is 0.244 e. The Morgan fingerprint density at radius 1 is 1.50 bits per heavy atom. The number of hydrogen-bond donors (Lipinski definition) is 0. The van der Waals surface area contributed by atoms with E-state index in [0.717, 1.165) is 9.87 Å². The normalized spacial score (nSPS) is 11.4. The highest BCUT2D eigenvalue weighted by molar-refractivity contribution is 9.10. The van der Waals surface area contributed by atoms with Gasteiger partial charge in [0, 0.05) is 11.5 Å². The Bertz CT molecular complexity index is 531. The molecule has 0 saturated heterocycles. The molecule has 0 amide bonds. The van der Waals surface area contributed by atoms with Gasteiger partial charge in [-0.25, -0.2) is 8.42 Å². The predicted octanol–water partition coefficient (Wildman–Crippen LogP) is 2.01. The molecule has 0 radical (unpaired) electrons. The Morgan fingerprint density at radius 3 is 2.62 bits per heavy atom. The summed E-state index contributed by atoms with van der Waals surface area (Å²) in [6.45, 7) is 1.95. The van der Waals surface area contributed by atoms with Gasteiger partial charge in [0.25, 0.3) is 0 Å². The van der Waals surface area contributed by atoms with Crippen LogP contribution in [0.4, 0.5) is 0 Å². The number of rotatable bonds is 3. The molecule has 0 fully saturated rings. The molecule has 0 aliphatic rings. The molecule has 0 unspecified atom stereocenters. The zero-order valence-corrected chi connectivity index (χ0v) is 11.5. The van der Waals surface area contributed by atoms with Gasteiger partial charge >= 0.3 is 0 Å². The molecular weight excluding hydrogens is 290 g/mol. The Hall–Kier alpha value is -0.830. The fourth-order valence-electron chi connectivity index (χ4n) is 1.20. The van der Waals surface area contributed by atoms with Crippen LogP contribution in [0.3, 0.4) is 0 Å². The molecule has 5 heteroatoms. The summed E-state index contributed by atoms with van der Waals surface area (Å²) in [4.78, 5) is 0.232. The fraction of sp³-hybridized carbons (Fsp3) is 0.273. The summed E-state index contributed by atoms with van der Waals surface area (Å²) < 4.78 is 25.8. The summed E-state index contributed by atoms with van der Waals surface area (Å²) in [5.74, 6) is 2.31. The molecule has 0 aliphatic heterocycles. The van der Waals surface area contributed by atoms with Gasteiger partial charge in [0.05, 0.1) is 11.4 Å². The Balaban J connectivity index is 3.23. The average Bonchev–Trinajstić information content (AvgIpc) is 2.17. The highest BCUT2D eigenvalue weighted by Crippen LogP contribution is 2.25. The number of hydrogen-bond acceptors (Lipinski definition) is 2. The van der Waals surface area contributed by atoms with Gasteiger partial charge in [-0.15, -0.1) is 6.42 Å². The largest absolute Gasteiger partial charge is 0.244 e. The Morgan fingerprint density at radius 2 is 2.12 bits per heavy atom. The number of benzene rings is 1. The molecule has 0 heterocycles. The molecule has 1 aromatic rings. The second-order valence-corrected chi connectivity index (χ2v) is 6.27. The van der Waals surface area contributed by atoms with Gasteiger partial charge in [-0.2, -0.15) is 4.31 Å². The lowest BCUT2D eigenvalue weighted by Crippen LogP contribution is -2.27. The van der Waals surface area contributed by atoms with Crippen molar-refractivity contribution in [1.29, 1.82) is 0 Å². The van der Waals surface area contributed by atoms with Crippen molar-refractivity contribution in [3.05, 3.63) is 28.2 Å². The molecule has 0 spiro atoms. The van der Waals surface area contributed by atoms with Crippen molar-refractivity contribution >= 4 is 26.0 Å². The van der Waals surface area contributed by atoms with Crippen molar-refractivity contribution in [3.63, 3.8) is 0 Å². The third kappa shape index (κ3) is 2.64. The lowest BCUT2D eigenvalue weighted by Gasteiger charge is -2.15. The van der Waals surface area contributed by atoms with Crippen molar-refractivity contribution in [2.75, 3.05) is 13.6 Å².